The lowest BCUT2D eigenvalue weighted by Gasteiger charge is -2.02. The molecule has 2 N–H and O–H groups in total. The summed E-state index contributed by atoms with van der Waals surface area (Å²) in [7, 11) is 0. The molecule has 0 atom stereocenters. The Labute approximate surface area is 107 Å². The second kappa shape index (κ2) is 5.59. The first-order valence-electron chi connectivity index (χ1n) is 5.28. The van der Waals surface area contributed by atoms with E-state index in [2.05, 4.69) is 10.3 Å². The highest BCUT2D eigenvalue weighted by atomic mass is 32.1. The molecule has 94 valence electrons. The van der Waals surface area contributed by atoms with Crippen LogP contribution in [0.5, 0.6) is 0 Å². The molecule has 18 heavy (non-hydrogen) atoms. The number of carboxylic acids is 1. The zero-order valence-corrected chi connectivity index (χ0v) is 10.2. The van der Waals surface area contributed by atoms with Gasteiger partial charge in [-0.15, -0.1) is 11.3 Å². The third kappa shape index (κ3) is 3.53. The van der Waals surface area contributed by atoms with Crippen LogP contribution in [0.4, 0.5) is 9.52 Å². The lowest BCUT2D eigenvalue weighted by Crippen LogP contribution is -1.98. The first-order chi connectivity index (χ1) is 8.63. The van der Waals surface area contributed by atoms with Crippen LogP contribution in [0.2, 0.25) is 0 Å². The van der Waals surface area contributed by atoms with Crippen molar-refractivity contribution in [2.75, 3.05) is 5.32 Å². The molecule has 0 bridgehead atoms. The van der Waals surface area contributed by atoms with E-state index in [1.54, 1.807) is 18.3 Å². The fourth-order valence-electron chi connectivity index (χ4n) is 1.40. The van der Waals surface area contributed by atoms with Crippen LogP contribution in [0.15, 0.2) is 30.5 Å². The quantitative estimate of drug-likeness (QED) is 0.873. The minimum absolute atomic E-state index is 0.0180. The van der Waals surface area contributed by atoms with E-state index in [9.17, 15) is 9.18 Å². The number of anilines is 1. The summed E-state index contributed by atoms with van der Waals surface area (Å²) in [6.45, 7) is 0.528. The number of hydrogen-bond donors (Lipinski definition) is 2. The van der Waals surface area contributed by atoms with Gasteiger partial charge in [0.25, 0.3) is 0 Å². The molecular weight excluding hydrogens is 255 g/mol. The van der Waals surface area contributed by atoms with Crippen molar-refractivity contribution in [2.45, 2.75) is 13.0 Å². The molecule has 2 aromatic rings. The van der Waals surface area contributed by atoms with Crippen molar-refractivity contribution < 1.29 is 14.3 Å². The van der Waals surface area contributed by atoms with Gasteiger partial charge in [0, 0.05) is 17.6 Å². The smallest absolute Gasteiger partial charge is 0.308 e. The van der Waals surface area contributed by atoms with Gasteiger partial charge >= 0.3 is 5.97 Å². The maximum Gasteiger partial charge on any atom is 0.308 e. The van der Waals surface area contributed by atoms with Gasteiger partial charge in [-0.3, -0.25) is 4.79 Å². The molecule has 0 amide bonds. The Balaban J connectivity index is 1.92. The van der Waals surface area contributed by atoms with Crippen LogP contribution in [-0.4, -0.2) is 16.1 Å². The number of nitrogens with one attached hydrogen (secondary N) is 1. The van der Waals surface area contributed by atoms with Crippen LogP contribution >= 0.6 is 11.3 Å². The van der Waals surface area contributed by atoms with E-state index in [1.807, 2.05) is 0 Å². The summed E-state index contributed by atoms with van der Waals surface area (Å²) in [6, 6.07) is 6.17. The molecule has 1 heterocycles. The molecule has 0 spiro atoms. The predicted octanol–water partition coefficient (Wildman–Crippen LogP) is 2.52. The summed E-state index contributed by atoms with van der Waals surface area (Å²) < 4.78 is 12.7. The Hall–Kier alpha value is -1.95. The van der Waals surface area contributed by atoms with Gasteiger partial charge in [-0.1, -0.05) is 12.1 Å². The number of nitrogens with zero attached hydrogens (tertiary/aromatic N) is 1. The van der Waals surface area contributed by atoms with Gasteiger partial charge in [0.2, 0.25) is 0 Å². The summed E-state index contributed by atoms with van der Waals surface area (Å²) in [6.07, 6.45) is 1.53. The van der Waals surface area contributed by atoms with Gasteiger partial charge in [0.05, 0.1) is 6.42 Å². The first kappa shape index (κ1) is 12.5. The monoisotopic (exact) mass is 266 g/mol. The van der Waals surface area contributed by atoms with E-state index in [0.717, 1.165) is 5.56 Å². The highest BCUT2D eigenvalue weighted by Gasteiger charge is 2.05. The zero-order chi connectivity index (χ0) is 13.0. The van der Waals surface area contributed by atoms with Crippen molar-refractivity contribution in [2.24, 2.45) is 0 Å². The van der Waals surface area contributed by atoms with Gasteiger partial charge in [-0.05, 0) is 17.7 Å². The summed E-state index contributed by atoms with van der Waals surface area (Å²) in [5.41, 5.74) is 0.936. The van der Waals surface area contributed by atoms with Crippen molar-refractivity contribution in [3.8, 4) is 0 Å². The van der Waals surface area contributed by atoms with Crippen LogP contribution in [0, 0.1) is 5.82 Å². The Morgan fingerprint density at radius 2 is 2.11 bits per heavy atom. The van der Waals surface area contributed by atoms with Crippen LogP contribution in [0.25, 0.3) is 0 Å². The van der Waals surface area contributed by atoms with Crippen molar-refractivity contribution in [1.29, 1.82) is 0 Å². The maximum atomic E-state index is 12.7. The number of halogens is 1. The van der Waals surface area contributed by atoms with Gasteiger partial charge < -0.3 is 10.4 Å². The Morgan fingerprint density at radius 1 is 1.39 bits per heavy atom. The summed E-state index contributed by atoms with van der Waals surface area (Å²) >= 11 is 1.31. The zero-order valence-electron chi connectivity index (χ0n) is 9.39. The third-order valence-corrected chi connectivity index (χ3v) is 3.19. The standard InChI is InChI=1S/C12H11FN2O2S/c13-9-3-1-8(2-4-9)6-14-12-15-7-10(18-12)5-11(16)17/h1-4,7H,5-6H2,(H,14,15)(H,16,17). The van der Waals surface area contributed by atoms with Crippen molar-refractivity contribution in [3.63, 3.8) is 0 Å². The van der Waals surface area contributed by atoms with Crippen molar-refractivity contribution in [3.05, 3.63) is 46.7 Å². The van der Waals surface area contributed by atoms with Crippen molar-refractivity contribution in [1.82, 2.24) is 4.98 Å². The van der Waals surface area contributed by atoms with Crippen LogP contribution in [0.3, 0.4) is 0 Å². The lowest BCUT2D eigenvalue weighted by molar-refractivity contribution is -0.136. The molecule has 0 aliphatic heterocycles. The van der Waals surface area contributed by atoms with Crippen LogP contribution in [-0.2, 0) is 17.8 Å². The van der Waals surface area contributed by atoms with E-state index in [0.29, 0.717) is 16.6 Å². The summed E-state index contributed by atoms with van der Waals surface area (Å²) in [5.74, 6) is -1.14. The Morgan fingerprint density at radius 3 is 2.78 bits per heavy atom. The third-order valence-electron chi connectivity index (χ3n) is 2.24. The molecule has 0 saturated heterocycles. The molecule has 4 nitrogen and oxygen atoms in total. The molecule has 0 radical (unpaired) electrons. The van der Waals surface area contributed by atoms with Gasteiger partial charge in [-0.2, -0.15) is 0 Å². The molecule has 0 aliphatic carbocycles. The summed E-state index contributed by atoms with van der Waals surface area (Å²) in [5, 5.41) is 12.4. The minimum atomic E-state index is -0.872. The number of thiazole rings is 1. The molecule has 1 aromatic heterocycles. The number of carbonyl (C=O) groups is 1. The van der Waals surface area contributed by atoms with Gasteiger partial charge in [0.15, 0.2) is 5.13 Å². The van der Waals surface area contributed by atoms with E-state index < -0.39 is 5.97 Å². The largest absolute Gasteiger partial charge is 0.481 e. The maximum absolute atomic E-state index is 12.7. The highest BCUT2D eigenvalue weighted by Crippen LogP contribution is 2.19. The fraction of sp³-hybridized carbons (Fsp3) is 0.167. The molecule has 0 aliphatic rings. The number of aromatic nitrogens is 1. The fourth-order valence-corrected chi connectivity index (χ4v) is 2.20. The highest BCUT2D eigenvalue weighted by molar-refractivity contribution is 7.15. The summed E-state index contributed by atoms with van der Waals surface area (Å²) in [4.78, 5) is 15.3. The topological polar surface area (TPSA) is 62.2 Å². The average Bonchev–Trinajstić information content (AvgIpc) is 2.75. The Bertz CT molecular complexity index is 539. The molecule has 0 fully saturated rings. The molecular formula is C12H11FN2O2S. The molecule has 0 saturated carbocycles. The normalized spacial score (nSPS) is 10.3. The first-order valence-corrected chi connectivity index (χ1v) is 6.10. The lowest BCUT2D eigenvalue weighted by atomic mass is 10.2. The molecule has 2 rings (SSSR count). The Kier molecular flexibility index (Phi) is 3.88. The predicted molar refractivity (Wildman–Crippen MR) is 67.2 cm³/mol. The number of aliphatic carboxylic acids is 1. The van der Waals surface area contributed by atoms with E-state index in [-0.39, 0.29) is 12.2 Å². The van der Waals surface area contributed by atoms with Gasteiger partial charge in [-0.25, -0.2) is 9.37 Å². The number of rotatable bonds is 5. The van der Waals surface area contributed by atoms with E-state index in [1.165, 1.54) is 23.5 Å². The average molecular weight is 266 g/mol. The number of carboxylic acid groups (broad SMARTS) is 1. The van der Waals surface area contributed by atoms with Crippen LogP contribution < -0.4 is 5.32 Å². The number of hydrogen-bond acceptors (Lipinski definition) is 4. The molecule has 0 unspecified atom stereocenters. The molecule has 1 aromatic carbocycles. The second-order valence-electron chi connectivity index (χ2n) is 3.68. The minimum Gasteiger partial charge on any atom is -0.481 e. The second-order valence-corrected chi connectivity index (χ2v) is 4.80. The molecule has 6 heteroatoms. The van der Waals surface area contributed by atoms with E-state index >= 15 is 0 Å². The SMILES string of the molecule is O=C(O)Cc1cnc(NCc2ccc(F)cc2)s1. The van der Waals surface area contributed by atoms with Gasteiger partial charge in [0.1, 0.15) is 5.82 Å². The van der Waals surface area contributed by atoms with Crippen LogP contribution in [0.1, 0.15) is 10.4 Å². The van der Waals surface area contributed by atoms with E-state index in [4.69, 9.17) is 5.11 Å². The van der Waals surface area contributed by atoms with Crippen molar-refractivity contribution >= 4 is 22.4 Å². The number of benzene rings is 1.